The standard InChI is InChI=1S/C18H22N2O2/c1-4-20(14-7-5-6-12(2)10-14)18(21)17-15-11-13(3)8-9-16(15)22-19-17/h5-7,10,13H,4,8-9,11H2,1-3H3. The van der Waals surface area contributed by atoms with E-state index >= 15 is 0 Å². The summed E-state index contributed by atoms with van der Waals surface area (Å²) >= 11 is 0. The number of fused-ring (bicyclic) bond motifs is 1. The minimum Gasteiger partial charge on any atom is -0.360 e. The van der Waals surface area contributed by atoms with E-state index in [1.165, 1.54) is 0 Å². The van der Waals surface area contributed by atoms with Gasteiger partial charge in [-0.2, -0.15) is 0 Å². The molecule has 4 nitrogen and oxygen atoms in total. The summed E-state index contributed by atoms with van der Waals surface area (Å²) in [6.45, 7) is 6.83. The molecule has 1 aliphatic rings. The van der Waals surface area contributed by atoms with Gasteiger partial charge in [0.25, 0.3) is 5.91 Å². The van der Waals surface area contributed by atoms with Crippen LogP contribution in [0.5, 0.6) is 0 Å². The van der Waals surface area contributed by atoms with Gasteiger partial charge < -0.3 is 9.42 Å². The van der Waals surface area contributed by atoms with E-state index in [4.69, 9.17) is 4.52 Å². The zero-order valence-corrected chi connectivity index (χ0v) is 13.4. The Labute approximate surface area is 131 Å². The fourth-order valence-electron chi connectivity index (χ4n) is 3.11. The predicted octanol–water partition coefficient (Wildman–Crippen LogP) is 3.77. The molecule has 0 bridgehead atoms. The highest BCUT2D eigenvalue weighted by Gasteiger charge is 2.29. The number of benzene rings is 1. The van der Waals surface area contributed by atoms with Crippen LogP contribution in [0.4, 0.5) is 5.69 Å². The predicted molar refractivity (Wildman–Crippen MR) is 86.2 cm³/mol. The van der Waals surface area contributed by atoms with Crippen LogP contribution < -0.4 is 4.90 Å². The second kappa shape index (κ2) is 5.95. The molecule has 0 radical (unpaired) electrons. The number of aromatic nitrogens is 1. The van der Waals surface area contributed by atoms with Crippen molar-refractivity contribution in [1.29, 1.82) is 0 Å². The lowest BCUT2D eigenvalue weighted by Gasteiger charge is -2.22. The molecule has 116 valence electrons. The molecule has 2 aromatic rings. The van der Waals surface area contributed by atoms with Crippen LogP contribution in [0.2, 0.25) is 0 Å². The van der Waals surface area contributed by atoms with Gasteiger partial charge in [0, 0.05) is 24.2 Å². The van der Waals surface area contributed by atoms with E-state index in [1.54, 1.807) is 4.90 Å². The zero-order valence-electron chi connectivity index (χ0n) is 13.4. The number of hydrogen-bond acceptors (Lipinski definition) is 3. The first kappa shape index (κ1) is 14.8. The zero-order chi connectivity index (χ0) is 15.7. The molecule has 1 aromatic heterocycles. The lowest BCUT2D eigenvalue weighted by atomic mass is 9.88. The summed E-state index contributed by atoms with van der Waals surface area (Å²) < 4.78 is 5.41. The summed E-state index contributed by atoms with van der Waals surface area (Å²) in [5, 5.41) is 4.08. The fraction of sp³-hybridized carbons (Fsp3) is 0.444. The number of nitrogens with zero attached hydrogens (tertiary/aromatic N) is 2. The van der Waals surface area contributed by atoms with Crippen molar-refractivity contribution in [2.24, 2.45) is 5.92 Å². The van der Waals surface area contributed by atoms with Gasteiger partial charge in [0.2, 0.25) is 0 Å². The third-order valence-corrected chi connectivity index (χ3v) is 4.36. The van der Waals surface area contributed by atoms with Gasteiger partial charge in [0.15, 0.2) is 5.69 Å². The van der Waals surface area contributed by atoms with E-state index in [2.05, 4.69) is 12.1 Å². The van der Waals surface area contributed by atoms with Crippen LogP contribution >= 0.6 is 0 Å². The van der Waals surface area contributed by atoms with E-state index < -0.39 is 0 Å². The summed E-state index contributed by atoms with van der Waals surface area (Å²) in [5.41, 5.74) is 3.55. The molecule has 0 aliphatic heterocycles. The van der Waals surface area contributed by atoms with E-state index in [9.17, 15) is 4.79 Å². The second-order valence-electron chi connectivity index (χ2n) is 6.17. The first-order valence-electron chi connectivity index (χ1n) is 7.96. The molecule has 4 heteroatoms. The number of aryl methyl sites for hydroxylation is 2. The maximum atomic E-state index is 12.9. The van der Waals surface area contributed by atoms with Crippen molar-refractivity contribution in [1.82, 2.24) is 5.16 Å². The van der Waals surface area contributed by atoms with E-state index in [0.717, 1.165) is 41.8 Å². The van der Waals surface area contributed by atoms with E-state index in [0.29, 0.717) is 18.2 Å². The Balaban J connectivity index is 1.94. The molecule has 0 saturated heterocycles. The molecule has 3 rings (SSSR count). The molecular formula is C18H22N2O2. The lowest BCUT2D eigenvalue weighted by Crippen LogP contribution is -2.32. The van der Waals surface area contributed by atoms with Crippen molar-refractivity contribution in [3.05, 3.63) is 46.8 Å². The average Bonchev–Trinajstić information content (AvgIpc) is 2.91. The van der Waals surface area contributed by atoms with Gasteiger partial charge >= 0.3 is 0 Å². The molecule has 1 aliphatic carbocycles. The topological polar surface area (TPSA) is 46.3 Å². The quantitative estimate of drug-likeness (QED) is 0.866. The highest BCUT2D eigenvalue weighted by atomic mass is 16.5. The smallest absolute Gasteiger partial charge is 0.280 e. The molecule has 0 saturated carbocycles. The Morgan fingerprint density at radius 1 is 1.45 bits per heavy atom. The molecule has 1 heterocycles. The molecule has 1 aromatic carbocycles. The number of amides is 1. The first-order chi connectivity index (χ1) is 10.6. The monoisotopic (exact) mass is 298 g/mol. The molecular weight excluding hydrogens is 276 g/mol. The van der Waals surface area contributed by atoms with Gasteiger partial charge in [-0.25, -0.2) is 0 Å². The van der Waals surface area contributed by atoms with Crippen LogP contribution in [0, 0.1) is 12.8 Å². The third-order valence-electron chi connectivity index (χ3n) is 4.36. The number of carbonyl (C=O) groups excluding carboxylic acids is 1. The molecule has 0 spiro atoms. The summed E-state index contributed by atoms with van der Waals surface area (Å²) in [6, 6.07) is 7.99. The fourth-order valence-corrected chi connectivity index (χ4v) is 3.11. The second-order valence-corrected chi connectivity index (χ2v) is 6.17. The minimum absolute atomic E-state index is 0.0628. The van der Waals surface area contributed by atoms with Crippen LogP contribution in [-0.2, 0) is 12.8 Å². The van der Waals surface area contributed by atoms with Crippen LogP contribution in [0.25, 0.3) is 0 Å². The number of hydrogen-bond donors (Lipinski definition) is 0. The number of carbonyl (C=O) groups is 1. The van der Waals surface area contributed by atoms with Crippen LogP contribution in [0.3, 0.4) is 0 Å². The van der Waals surface area contributed by atoms with Crippen LogP contribution in [0.15, 0.2) is 28.8 Å². The maximum absolute atomic E-state index is 12.9. The maximum Gasteiger partial charge on any atom is 0.280 e. The van der Waals surface area contributed by atoms with Gasteiger partial charge in [0.1, 0.15) is 5.76 Å². The molecule has 0 N–H and O–H groups in total. The van der Waals surface area contributed by atoms with Crippen molar-refractivity contribution < 1.29 is 9.32 Å². The molecule has 1 amide bonds. The van der Waals surface area contributed by atoms with Gasteiger partial charge in [-0.3, -0.25) is 4.79 Å². The van der Waals surface area contributed by atoms with Crippen molar-refractivity contribution >= 4 is 11.6 Å². The SMILES string of the molecule is CCN(C(=O)c1noc2c1CC(C)CC2)c1cccc(C)c1. The number of rotatable bonds is 3. The average molecular weight is 298 g/mol. The highest BCUT2D eigenvalue weighted by molar-refractivity contribution is 6.05. The number of anilines is 1. The normalized spacial score (nSPS) is 17.1. The Morgan fingerprint density at radius 2 is 2.27 bits per heavy atom. The van der Waals surface area contributed by atoms with E-state index in [1.807, 2.05) is 38.1 Å². The van der Waals surface area contributed by atoms with Gasteiger partial charge in [-0.05, 0) is 50.3 Å². The Kier molecular flexibility index (Phi) is 4.01. The van der Waals surface area contributed by atoms with Crippen LogP contribution in [0.1, 0.15) is 47.6 Å². The van der Waals surface area contributed by atoms with Gasteiger partial charge in [-0.15, -0.1) is 0 Å². The van der Waals surface area contributed by atoms with Crippen molar-refractivity contribution in [3.8, 4) is 0 Å². The molecule has 1 unspecified atom stereocenters. The molecule has 0 fully saturated rings. The van der Waals surface area contributed by atoms with Crippen molar-refractivity contribution in [2.45, 2.75) is 40.0 Å². The van der Waals surface area contributed by atoms with Crippen molar-refractivity contribution in [2.75, 3.05) is 11.4 Å². The first-order valence-corrected chi connectivity index (χ1v) is 7.96. The molecule has 22 heavy (non-hydrogen) atoms. The summed E-state index contributed by atoms with van der Waals surface area (Å²) in [4.78, 5) is 14.7. The van der Waals surface area contributed by atoms with Crippen LogP contribution in [-0.4, -0.2) is 17.6 Å². The largest absolute Gasteiger partial charge is 0.360 e. The van der Waals surface area contributed by atoms with Gasteiger partial charge in [0.05, 0.1) is 0 Å². The minimum atomic E-state index is -0.0628. The summed E-state index contributed by atoms with van der Waals surface area (Å²) in [7, 11) is 0. The Bertz CT molecular complexity index is 690. The lowest BCUT2D eigenvalue weighted by molar-refractivity contribution is 0.0978. The summed E-state index contributed by atoms with van der Waals surface area (Å²) in [5.74, 6) is 1.40. The molecule has 1 atom stereocenters. The summed E-state index contributed by atoms with van der Waals surface area (Å²) in [6.07, 6.45) is 2.86. The van der Waals surface area contributed by atoms with E-state index in [-0.39, 0.29) is 5.91 Å². The highest BCUT2D eigenvalue weighted by Crippen LogP contribution is 2.29. The van der Waals surface area contributed by atoms with Crippen molar-refractivity contribution in [3.63, 3.8) is 0 Å². The van der Waals surface area contributed by atoms with Gasteiger partial charge in [-0.1, -0.05) is 24.2 Å². The third kappa shape index (κ3) is 2.65. The Morgan fingerprint density at radius 3 is 3.00 bits per heavy atom. The Hall–Kier alpha value is -2.10.